The molecule has 1 aliphatic carbocycles. The number of oxime groups is 1. The van der Waals surface area contributed by atoms with E-state index in [1.54, 1.807) is 6.20 Å². The van der Waals surface area contributed by atoms with Gasteiger partial charge in [0.15, 0.2) is 5.84 Å². The Balaban J connectivity index is 1.82. The smallest absolute Gasteiger partial charge is 0.188 e. The normalized spacial score (nSPS) is 23.8. The Morgan fingerprint density at radius 2 is 2.40 bits per heavy atom. The monoisotopic (exact) mass is 276 g/mol. The molecule has 2 rings (SSSR count). The van der Waals surface area contributed by atoms with E-state index in [0.717, 1.165) is 30.5 Å². The molecule has 0 aliphatic heterocycles. The number of hydrogen-bond donors (Lipinski definition) is 3. The number of nitrogens with zero attached hydrogens (tertiary/aromatic N) is 2. The Labute approximate surface area is 120 Å². The molecule has 20 heavy (non-hydrogen) atoms. The second-order valence-corrected chi connectivity index (χ2v) is 5.80. The van der Waals surface area contributed by atoms with E-state index < -0.39 is 0 Å². The van der Waals surface area contributed by atoms with Gasteiger partial charge in [-0.25, -0.2) is 0 Å². The standard InChI is InChI=1S/C15H24N4O/c1-11-3-2-4-12(7-11)9-17-10-13-5-6-18-14(8-13)15(16)19-20/h5-6,8,11-12,17,20H,2-4,7,9-10H2,1H3,(H2,16,19). The van der Waals surface area contributed by atoms with Crippen LogP contribution in [0.25, 0.3) is 0 Å². The second-order valence-electron chi connectivity index (χ2n) is 5.80. The van der Waals surface area contributed by atoms with Crippen LogP contribution in [0.2, 0.25) is 0 Å². The van der Waals surface area contributed by atoms with Crippen LogP contribution in [-0.2, 0) is 6.54 Å². The maximum atomic E-state index is 8.66. The van der Waals surface area contributed by atoms with E-state index in [0.29, 0.717) is 5.69 Å². The van der Waals surface area contributed by atoms with Gasteiger partial charge in [0, 0.05) is 12.7 Å². The molecule has 0 saturated heterocycles. The zero-order chi connectivity index (χ0) is 14.4. The molecule has 5 heteroatoms. The topological polar surface area (TPSA) is 83.5 Å². The average Bonchev–Trinajstić information content (AvgIpc) is 2.47. The van der Waals surface area contributed by atoms with E-state index in [1.807, 2.05) is 12.1 Å². The summed E-state index contributed by atoms with van der Waals surface area (Å²) < 4.78 is 0. The number of aromatic nitrogens is 1. The summed E-state index contributed by atoms with van der Waals surface area (Å²) in [5, 5.41) is 15.1. The zero-order valence-corrected chi connectivity index (χ0v) is 12.0. The fraction of sp³-hybridized carbons (Fsp3) is 0.600. The van der Waals surface area contributed by atoms with Gasteiger partial charge in [0.2, 0.25) is 0 Å². The van der Waals surface area contributed by atoms with Crippen molar-refractivity contribution in [3.63, 3.8) is 0 Å². The number of rotatable bonds is 5. The van der Waals surface area contributed by atoms with Gasteiger partial charge in [0.25, 0.3) is 0 Å². The molecule has 2 unspecified atom stereocenters. The molecule has 0 amide bonds. The van der Waals surface area contributed by atoms with Crippen LogP contribution in [0.1, 0.15) is 43.9 Å². The summed E-state index contributed by atoms with van der Waals surface area (Å²) in [5.74, 6) is 1.71. The predicted molar refractivity (Wildman–Crippen MR) is 79.6 cm³/mol. The van der Waals surface area contributed by atoms with Gasteiger partial charge < -0.3 is 16.3 Å². The van der Waals surface area contributed by atoms with Crippen LogP contribution in [0.15, 0.2) is 23.5 Å². The second kappa shape index (κ2) is 7.24. The predicted octanol–water partition coefficient (Wildman–Crippen LogP) is 2.09. The first-order chi connectivity index (χ1) is 9.69. The summed E-state index contributed by atoms with van der Waals surface area (Å²) in [6.07, 6.45) is 7.09. The highest BCUT2D eigenvalue weighted by Crippen LogP contribution is 2.27. The van der Waals surface area contributed by atoms with Crippen LogP contribution in [0.5, 0.6) is 0 Å². The van der Waals surface area contributed by atoms with Crippen molar-refractivity contribution >= 4 is 5.84 Å². The van der Waals surface area contributed by atoms with E-state index in [9.17, 15) is 0 Å². The maximum absolute atomic E-state index is 8.66. The molecular weight excluding hydrogens is 252 g/mol. The van der Waals surface area contributed by atoms with Crippen LogP contribution in [-0.4, -0.2) is 22.6 Å². The van der Waals surface area contributed by atoms with Crippen molar-refractivity contribution in [3.05, 3.63) is 29.6 Å². The van der Waals surface area contributed by atoms with Crippen LogP contribution < -0.4 is 11.1 Å². The van der Waals surface area contributed by atoms with Gasteiger partial charge in [-0.3, -0.25) is 4.98 Å². The van der Waals surface area contributed by atoms with Gasteiger partial charge in [-0.2, -0.15) is 0 Å². The van der Waals surface area contributed by atoms with Crippen molar-refractivity contribution in [1.82, 2.24) is 10.3 Å². The zero-order valence-electron chi connectivity index (χ0n) is 12.0. The minimum atomic E-state index is 0.0490. The Morgan fingerprint density at radius 1 is 1.55 bits per heavy atom. The first-order valence-electron chi connectivity index (χ1n) is 7.32. The number of amidine groups is 1. The molecule has 5 nitrogen and oxygen atoms in total. The minimum Gasteiger partial charge on any atom is -0.409 e. The lowest BCUT2D eigenvalue weighted by Gasteiger charge is -2.26. The van der Waals surface area contributed by atoms with Gasteiger partial charge >= 0.3 is 0 Å². The fourth-order valence-corrected chi connectivity index (χ4v) is 2.94. The van der Waals surface area contributed by atoms with E-state index in [4.69, 9.17) is 10.9 Å². The van der Waals surface area contributed by atoms with Crippen molar-refractivity contribution in [2.24, 2.45) is 22.7 Å². The average molecular weight is 276 g/mol. The van der Waals surface area contributed by atoms with Gasteiger partial charge in [-0.1, -0.05) is 24.9 Å². The lowest BCUT2D eigenvalue weighted by molar-refractivity contribution is 0.274. The van der Waals surface area contributed by atoms with Crippen molar-refractivity contribution < 1.29 is 5.21 Å². The van der Waals surface area contributed by atoms with Crippen molar-refractivity contribution in [1.29, 1.82) is 0 Å². The lowest BCUT2D eigenvalue weighted by Crippen LogP contribution is -2.26. The number of hydrogen-bond acceptors (Lipinski definition) is 4. The van der Waals surface area contributed by atoms with Crippen molar-refractivity contribution in [2.75, 3.05) is 6.54 Å². The molecule has 1 aromatic heterocycles. The molecule has 0 radical (unpaired) electrons. The summed E-state index contributed by atoms with van der Waals surface area (Å²) >= 11 is 0. The molecule has 0 spiro atoms. The minimum absolute atomic E-state index is 0.0490. The van der Waals surface area contributed by atoms with Gasteiger partial charge in [-0.15, -0.1) is 0 Å². The Kier molecular flexibility index (Phi) is 5.35. The first kappa shape index (κ1) is 14.8. The molecule has 110 valence electrons. The Hall–Kier alpha value is -1.62. The summed E-state index contributed by atoms with van der Waals surface area (Å²) in [7, 11) is 0. The quantitative estimate of drug-likeness (QED) is 0.333. The summed E-state index contributed by atoms with van der Waals surface area (Å²) in [6.45, 7) is 4.20. The van der Waals surface area contributed by atoms with E-state index in [1.165, 1.54) is 25.7 Å². The number of pyridine rings is 1. The molecular formula is C15H24N4O. The number of nitrogens with one attached hydrogen (secondary N) is 1. The van der Waals surface area contributed by atoms with Crippen molar-refractivity contribution in [3.8, 4) is 0 Å². The lowest BCUT2D eigenvalue weighted by atomic mass is 9.82. The molecule has 1 aromatic rings. The summed E-state index contributed by atoms with van der Waals surface area (Å²) in [6, 6.07) is 3.80. The number of nitrogens with two attached hydrogens (primary N) is 1. The van der Waals surface area contributed by atoms with Gasteiger partial charge in [-0.05, 0) is 48.9 Å². The molecule has 1 heterocycles. The molecule has 0 aromatic carbocycles. The molecule has 1 aliphatic rings. The highest BCUT2D eigenvalue weighted by Gasteiger charge is 2.18. The van der Waals surface area contributed by atoms with E-state index in [-0.39, 0.29) is 5.84 Å². The third-order valence-electron chi connectivity index (χ3n) is 4.00. The van der Waals surface area contributed by atoms with E-state index in [2.05, 4.69) is 22.4 Å². The summed E-state index contributed by atoms with van der Waals surface area (Å²) in [4.78, 5) is 4.07. The molecule has 4 N–H and O–H groups in total. The fourth-order valence-electron chi connectivity index (χ4n) is 2.94. The largest absolute Gasteiger partial charge is 0.409 e. The van der Waals surface area contributed by atoms with Crippen LogP contribution >= 0.6 is 0 Å². The molecule has 1 fully saturated rings. The molecule has 0 bridgehead atoms. The third-order valence-corrected chi connectivity index (χ3v) is 4.00. The van der Waals surface area contributed by atoms with Crippen LogP contribution in [0, 0.1) is 11.8 Å². The third kappa shape index (κ3) is 4.20. The van der Waals surface area contributed by atoms with Crippen molar-refractivity contribution in [2.45, 2.75) is 39.2 Å². The maximum Gasteiger partial charge on any atom is 0.188 e. The molecule has 1 saturated carbocycles. The SMILES string of the molecule is CC1CCCC(CNCc2ccnc(/C(N)=N/O)c2)C1. The molecule has 2 atom stereocenters. The highest BCUT2D eigenvalue weighted by atomic mass is 16.4. The summed E-state index contributed by atoms with van der Waals surface area (Å²) in [5.41, 5.74) is 7.16. The van der Waals surface area contributed by atoms with Crippen LogP contribution in [0.4, 0.5) is 0 Å². The van der Waals surface area contributed by atoms with Crippen LogP contribution in [0.3, 0.4) is 0 Å². The first-order valence-corrected chi connectivity index (χ1v) is 7.32. The highest BCUT2D eigenvalue weighted by molar-refractivity contribution is 5.95. The van der Waals surface area contributed by atoms with Gasteiger partial charge in [0.1, 0.15) is 5.69 Å². The Bertz CT molecular complexity index is 461. The van der Waals surface area contributed by atoms with E-state index >= 15 is 0 Å². The Morgan fingerprint density at radius 3 is 3.15 bits per heavy atom. The van der Waals surface area contributed by atoms with Gasteiger partial charge in [0.05, 0.1) is 0 Å².